The van der Waals surface area contributed by atoms with Gasteiger partial charge in [-0.15, -0.1) is 4.09 Å². The summed E-state index contributed by atoms with van der Waals surface area (Å²) < 4.78 is 23.5. The van der Waals surface area contributed by atoms with Gasteiger partial charge in [-0.2, -0.15) is 5.10 Å². The quantitative estimate of drug-likeness (QED) is 0.777. The minimum Gasteiger partial charge on any atom is -0.493 e. The summed E-state index contributed by atoms with van der Waals surface area (Å²) >= 11 is 0. The normalized spacial score (nSPS) is 11.8. The number of aromatic hydroxyl groups is 1. The first-order valence-corrected chi connectivity index (χ1v) is 5.57. The summed E-state index contributed by atoms with van der Waals surface area (Å²) in [6.45, 7) is 3.38. The first-order valence-electron chi connectivity index (χ1n) is 3.96. The topological polar surface area (TPSA) is 72.2 Å². The van der Waals surface area contributed by atoms with E-state index in [0.717, 1.165) is 0 Å². The molecule has 1 aromatic heterocycles. The Morgan fingerprint density at radius 3 is 2.62 bits per heavy atom. The van der Waals surface area contributed by atoms with Crippen LogP contribution in [0.5, 0.6) is 5.88 Å². The molecule has 0 atom stereocenters. The van der Waals surface area contributed by atoms with Gasteiger partial charge in [0.15, 0.2) is 0 Å². The van der Waals surface area contributed by atoms with Crippen LogP contribution in [-0.4, -0.2) is 28.5 Å². The lowest BCUT2D eigenvalue weighted by atomic mass is 10.5. The summed E-state index contributed by atoms with van der Waals surface area (Å²) in [6, 6.07) is 1.31. The van der Waals surface area contributed by atoms with Crippen molar-refractivity contribution in [3.63, 3.8) is 0 Å². The monoisotopic (exact) mass is 204 g/mol. The SMILES string of the molecule is CCCS(=O)(=O)n1nc(C)cc1O. The molecule has 5 nitrogen and oxygen atoms in total. The Morgan fingerprint density at radius 1 is 1.62 bits per heavy atom. The van der Waals surface area contributed by atoms with Crippen LogP contribution in [0.1, 0.15) is 19.0 Å². The van der Waals surface area contributed by atoms with Gasteiger partial charge in [-0.3, -0.25) is 0 Å². The standard InChI is InChI=1S/C7H12N2O3S/c1-3-4-13(11,12)9-7(10)5-6(2)8-9/h5,10H,3-4H2,1-2H3. The lowest BCUT2D eigenvalue weighted by molar-refractivity contribution is 0.437. The molecule has 0 amide bonds. The van der Waals surface area contributed by atoms with Crippen molar-refractivity contribution >= 4 is 10.0 Å². The van der Waals surface area contributed by atoms with Crippen molar-refractivity contribution in [1.29, 1.82) is 0 Å². The van der Waals surface area contributed by atoms with Gasteiger partial charge in [-0.05, 0) is 13.3 Å². The molecule has 0 fully saturated rings. The van der Waals surface area contributed by atoms with Crippen LogP contribution in [-0.2, 0) is 10.0 Å². The maximum atomic E-state index is 11.4. The second kappa shape index (κ2) is 3.37. The fourth-order valence-corrected chi connectivity index (χ4v) is 2.29. The Bertz CT molecular complexity index is 394. The molecule has 74 valence electrons. The maximum Gasteiger partial charge on any atom is 0.256 e. The van der Waals surface area contributed by atoms with Crippen LogP contribution >= 0.6 is 0 Å². The first-order chi connectivity index (χ1) is 5.97. The highest BCUT2D eigenvalue weighted by molar-refractivity contribution is 7.89. The zero-order valence-electron chi connectivity index (χ0n) is 7.56. The zero-order valence-corrected chi connectivity index (χ0v) is 8.37. The van der Waals surface area contributed by atoms with Gasteiger partial charge in [0.2, 0.25) is 5.88 Å². The second-order valence-electron chi connectivity index (χ2n) is 2.80. The lowest BCUT2D eigenvalue weighted by Crippen LogP contribution is -2.17. The lowest BCUT2D eigenvalue weighted by Gasteiger charge is -2.02. The van der Waals surface area contributed by atoms with Crippen LogP contribution in [0.4, 0.5) is 0 Å². The molecule has 1 N–H and O–H groups in total. The maximum absolute atomic E-state index is 11.4. The van der Waals surface area contributed by atoms with Gasteiger partial charge in [0.25, 0.3) is 10.0 Å². The van der Waals surface area contributed by atoms with Gasteiger partial charge in [-0.1, -0.05) is 6.92 Å². The van der Waals surface area contributed by atoms with Gasteiger partial charge in [-0.25, -0.2) is 8.42 Å². The fraction of sp³-hybridized carbons (Fsp3) is 0.571. The molecule has 0 aromatic carbocycles. The van der Waals surface area contributed by atoms with Crippen molar-refractivity contribution in [3.8, 4) is 5.88 Å². The summed E-state index contributed by atoms with van der Waals surface area (Å²) in [6.07, 6.45) is 0.501. The number of nitrogens with zero attached hydrogens (tertiary/aromatic N) is 2. The van der Waals surface area contributed by atoms with E-state index >= 15 is 0 Å². The minimum atomic E-state index is -3.46. The highest BCUT2D eigenvalue weighted by atomic mass is 32.2. The van der Waals surface area contributed by atoms with Crippen LogP contribution in [0.2, 0.25) is 0 Å². The average Bonchev–Trinajstić information content (AvgIpc) is 2.30. The third-order valence-electron chi connectivity index (χ3n) is 1.51. The van der Waals surface area contributed by atoms with Crippen molar-refractivity contribution in [2.75, 3.05) is 5.75 Å². The highest BCUT2D eigenvalue weighted by Crippen LogP contribution is 2.13. The van der Waals surface area contributed by atoms with E-state index in [1.54, 1.807) is 13.8 Å². The third kappa shape index (κ3) is 2.00. The Balaban J connectivity index is 3.14. The number of aromatic nitrogens is 2. The van der Waals surface area contributed by atoms with E-state index in [1.165, 1.54) is 6.07 Å². The van der Waals surface area contributed by atoms with Crippen molar-refractivity contribution in [3.05, 3.63) is 11.8 Å². The fourth-order valence-electron chi connectivity index (χ4n) is 1.01. The molecular formula is C7H12N2O3S. The molecular weight excluding hydrogens is 192 g/mol. The molecule has 1 rings (SSSR count). The molecule has 0 spiro atoms. The summed E-state index contributed by atoms with van der Waals surface area (Å²) in [7, 11) is -3.46. The third-order valence-corrected chi connectivity index (χ3v) is 3.23. The molecule has 0 unspecified atom stereocenters. The van der Waals surface area contributed by atoms with Crippen LogP contribution in [0, 0.1) is 6.92 Å². The van der Waals surface area contributed by atoms with Crippen molar-refractivity contribution in [2.24, 2.45) is 0 Å². The molecule has 0 saturated heterocycles. The average molecular weight is 204 g/mol. The van der Waals surface area contributed by atoms with Crippen LogP contribution in [0.3, 0.4) is 0 Å². The second-order valence-corrected chi connectivity index (χ2v) is 4.72. The van der Waals surface area contributed by atoms with Crippen molar-refractivity contribution in [2.45, 2.75) is 20.3 Å². The Kier molecular flexibility index (Phi) is 2.60. The van der Waals surface area contributed by atoms with Crippen LogP contribution < -0.4 is 0 Å². The van der Waals surface area contributed by atoms with E-state index in [9.17, 15) is 13.5 Å². The van der Waals surface area contributed by atoms with Gasteiger partial charge < -0.3 is 5.11 Å². The Morgan fingerprint density at radius 2 is 2.23 bits per heavy atom. The molecule has 1 aromatic rings. The van der Waals surface area contributed by atoms with E-state index < -0.39 is 10.0 Å². The van der Waals surface area contributed by atoms with Crippen LogP contribution in [0.25, 0.3) is 0 Å². The molecule has 1 heterocycles. The summed E-state index contributed by atoms with van der Waals surface area (Å²) in [5.74, 6) is -0.340. The van der Waals surface area contributed by atoms with E-state index in [1.807, 2.05) is 0 Å². The largest absolute Gasteiger partial charge is 0.493 e. The number of rotatable bonds is 3. The first kappa shape index (κ1) is 10.0. The molecule has 0 bridgehead atoms. The number of hydrogen-bond acceptors (Lipinski definition) is 4. The smallest absolute Gasteiger partial charge is 0.256 e. The van der Waals surface area contributed by atoms with E-state index in [2.05, 4.69) is 5.10 Å². The van der Waals surface area contributed by atoms with Gasteiger partial charge in [0.05, 0.1) is 11.4 Å². The molecule has 0 aliphatic rings. The molecule has 0 aliphatic heterocycles. The Hall–Kier alpha value is -1.04. The number of hydrogen-bond donors (Lipinski definition) is 1. The number of aryl methyl sites for hydroxylation is 1. The summed E-state index contributed by atoms with van der Waals surface area (Å²) in [5, 5.41) is 12.9. The van der Waals surface area contributed by atoms with E-state index in [4.69, 9.17) is 0 Å². The molecule has 6 heteroatoms. The van der Waals surface area contributed by atoms with Crippen LogP contribution in [0.15, 0.2) is 6.07 Å². The highest BCUT2D eigenvalue weighted by Gasteiger charge is 2.17. The molecule has 13 heavy (non-hydrogen) atoms. The van der Waals surface area contributed by atoms with E-state index in [0.29, 0.717) is 16.2 Å². The Labute approximate surface area is 77.1 Å². The van der Waals surface area contributed by atoms with Crippen molar-refractivity contribution < 1.29 is 13.5 Å². The molecule has 0 aliphatic carbocycles. The molecule has 0 saturated carbocycles. The predicted molar refractivity (Wildman–Crippen MR) is 48.1 cm³/mol. The van der Waals surface area contributed by atoms with Crippen molar-refractivity contribution in [1.82, 2.24) is 9.19 Å². The molecule has 0 radical (unpaired) electrons. The minimum absolute atomic E-state index is 0.0122. The zero-order chi connectivity index (χ0) is 10.1. The van der Waals surface area contributed by atoms with Gasteiger partial charge in [0, 0.05) is 6.07 Å². The summed E-state index contributed by atoms with van der Waals surface area (Å²) in [5.41, 5.74) is 0.483. The predicted octanol–water partition coefficient (Wildman–Crippen LogP) is 0.485. The van der Waals surface area contributed by atoms with E-state index in [-0.39, 0.29) is 11.6 Å². The van der Waals surface area contributed by atoms with Gasteiger partial charge >= 0.3 is 0 Å². The van der Waals surface area contributed by atoms with Gasteiger partial charge in [0.1, 0.15) is 0 Å². The summed E-state index contributed by atoms with van der Waals surface area (Å²) in [4.78, 5) is 0.